The molecule has 2 aromatic rings. The van der Waals surface area contributed by atoms with Crippen LogP contribution in [0.15, 0.2) is 54.6 Å². The number of carbonyl (C=O) groups is 2. The molecule has 4 N–H and O–H groups in total. The van der Waals surface area contributed by atoms with Gasteiger partial charge >= 0.3 is 6.03 Å². The number of carbonyl (C=O) groups excluding carboxylic acids is 2. The fourth-order valence-corrected chi connectivity index (χ4v) is 2.39. The number of aryl methyl sites for hydroxylation is 1. The van der Waals surface area contributed by atoms with E-state index in [0.717, 1.165) is 5.56 Å². The van der Waals surface area contributed by atoms with Gasteiger partial charge in [-0.15, -0.1) is 0 Å². The minimum atomic E-state index is -0.500. The molecule has 0 saturated carbocycles. The predicted octanol–water partition coefficient (Wildman–Crippen LogP) is 1.26. The number of hydrogen-bond donors (Lipinski definition) is 3. The van der Waals surface area contributed by atoms with Gasteiger partial charge in [0.05, 0.1) is 0 Å². The molecular formula is C18H22N3O2+. The van der Waals surface area contributed by atoms with Gasteiger partial charge in [-0.3, -0.25) is 10.1 Å². The van der Waals surface area contributed by atoms with Crippen LogP contribution < -0.4 is 16.0 Å². The summed E-state index contributed by atoms with van der Waals surface area (Å²) in [5.41, 5.74) is 3.21. The number of imide groups is 1. The summed E-state index contributed by atoms with van der Waals surface area (Å²) in [4.78, 5) is 23.8. The van der Waals surface area contributed by atoms with E-state index in [4.69, 9.17) is 0 Å². The lowest BCUT2D eigenvalue weighted by molar-refractivity contribution is -0.698. The fourth-order valence-electron chi connectivity index (χ4n) is 2.39. The maximum absolute atomic E-state index is 12.4. The summed E-state index contributed by atoms with van der Waals surface area (Å²) in [6, 6.07) is 16.5. The molecule has 0 aliphatic heterocycles. The molecule has 2 aromatic carbocycles. The van der Waals surface area contributed by atoms with Gasteiger partial charge in [-0.05, 0) is 12.5 Å². The zero-order chi connectivity index (χ0) is 16.7. The van der Waals surface area contributed by atoms with Crippen LogP contribution in [0.25, 0.3) is 0 Å². The van der Waals surface area contributed by atoms with Crippen molar-refractivity contribution in [3.8, 4) is 0 Å². The smallest absolute Gasteiger partial charge is 0.321 e. The molecule has 23 heavy (non-hydrogen) atoms. The van der Waals surface area contributed by atoms with Crippen molar-refractivity contribution in [2.24, 2.45) is 0 Å². The van der Waals surface area contributed by atoms with E-state index in [0.29, 0.717) is 6.54 Å². The molecule has 1 atom stereocenters. The first kappa shape index (κ1) is 16.7. The van der Waals surface area contributed by atoms with Crippen molar-refractivity contribution < 1.29 is 14.9 Å². The van der Waals surface area contributed by atoms with Gasteiger partial charge in [0.15, 0.2) is 6.04 Å². The lowest BCUT2D eigenvalue weighted by atomic mass is 10.0. The Morgan fingerprint density at radius 1 is 1.04 bits per heavy atom. The van der Waals surface area contributed by atoms with Gasteiger partial charge in [-0.25, -0.2) is 4.79 Å². The van der Waals surface area contributed by atoms with E-state index in [1.54, 1.807) is 0 Å². The molecule has 0 aliphatic rings. The van der Waals surface area contributed by atoms with Crippen molar-refractivity contribution in [3.63, 3.8) is 0 Å². The van der Waals surface area contributed by atoms with Crippen molar-refractivity contribution in [1.29, 1.82) is 0 Å². The largest absolute Gasteiger partial charge is 0.341 e. The van der Waals surface area contributed by atoms with Gasteiger partial charge in [-0.2, -0.15) is 0 Å². The average Bonchev–Trinajstić information content (AvgIpc) is 2.57. The number of benzene rings is 2. The molecule has 5 heteroatoms. The van der Waals surface area contributed by atoms with E-state index < -0.39 is 12.1 Å². The Hall–Kier alpha value is -2.66. The number of nitrogens with one attached hydrogen (secondary N) is 2. The Morgan fingerprint density at radius 2 is 1.70 bits per heavy atom. The number of amides is 3. The molecule has 0 radical (unpaired) electrons. The predicted molar refractivity (Wildman–Crippen MR) is 88.6 cm³/mol. The summed E-state index contributed by atoms with van der Waals surface area (Å²) in [5.74, 6) is -0.330. The number of nitrogens with two attached hydrogens (primary N) is 1. The van der Waals surface area contributed by atoms with Crippen molar-refractivity contribution in [2.75, 3.05) is 7.05 Å². The Morgan fingerprint density at radius 3 is 2.35 bits per heavy atom. The van der Waals surface area contributed by atoms with Crippen molar-refractivity contribution in [1.82, 2.24) is 10.6 Å². The minimum absolute atomic E-state index is 0.330. The Labute approximate surface area is 136 Å². The first-order chi connectivity index (χ1) is 11.1. The highest BCUT2D eigenvalue weighted by Crippen LogP contribution is 2.10. The average molecular weight is 312 g/mol. The summed E-state index contributed by atoms with van der Waals surface area (Å²) >= 11 is 0. The maximum atomic E-state index is 12.4. The summed E-state index contributed by atoms with van der Waals surface area (Å²) in [6.45, 7) is 2.71. The van der Waals surface area contributed by atoms with Gasteiger partial charge in [0, 0.05) is 18.2 Å². The molecule has 2 rings (SSSR count). The highest BCUT2D eigenvalue weighted by Gasteiger charge is 2.25. The van der Waals surface area contributed by atoms with E-state index in [1.165, 1.54) is 18.2 Å². The molecule has 0 bridgehead atoms. The van der Waals surface area contributed by atoms with Crippen LogP contribution in [0.4, 0.5) is 4.79 Å². The van der Waals surface area contributed by atoms with Crippen molar-refractivity contribution in [2.45, 2.75) is 19.5 Å². The SMILES string of the molecule is CNC(=O)NC(=O)[C@@H]([NH2+]Cc1ccccc1C)c1ccccc1. The molecule has 0 aromatic heterocycles. The fraction of sp³-hybridized carbons (Fsp3) is 0.222. The van der Waals surface area contributed by atoms with Gasteiger partial charge in [-0.1, -0.05) is 54.6 Å². The second kappa shape index (κ2) is 8.10. The molecule has 0 heterocycles. The minimum Gasteiger partial charge on any atom is -0.341 e. The first-order valence-corrected chi connectivity index (χ1v) is 7.57. The van der Waals surface area contributed by atoms with Crippen LogP contribution in [-0.2, 0) is 11.3 Å². The van der Waals surface area contributed by atoms with Gasteiger partial charge in [0.2, 0.25) is 0 Å². The van der Waals surface area contributed by atoms with Crippen LogP contribution in [0.1, 0.15) is 22.7 Å². The number of quaternary nitrogens is 1. The Bertz CT molecular complexity index is 671. The highest BCUT2D eigenvalue weighted by atomic mass is 16.2. The second-order valence-electron chi connectivity index (χ2n) is 5.32. The zero-order valence-corrected chi connectivity index (χ0v) is 13.4. The summed E-state index contributed by atoms with van der Waals surface area (Å²) in [5, 5.41) is 6.70. The summed E-state index contributed by atoms with van der Waals surface area (Å²) < 4.78 is 0. The maximum Gasteiger partial charge on any atom is 0.321 e. The molecule has 0 unspecified atom stereocenters. The third-order valence-electron chi connectivity index (χ3n) is 3.74. The van der Waals surface area contributed by atoms with Crippen LogP contribution >= 0.6 is 0 Å². The molecule has 120 valence electrons. The standard InChI is InChI=1S/C18H21N3O2/c1-13-8-6-7-11-15(13)12-20-16(14-9-4-3-5-10-14)17(22)21-18(23)19-2/h3-11,16,20H,12H2,1-2H3,(H2,19,21,22,23)/p+1/t16-/m0/s1. The molecule has 0 aliphatic carbocycles. The Balaban J connectivity index is 2.15. The topological polar surface area (TPSA) is 74.8 Å². The van der Waals surface area contributed by atoms with Crippen molar-refractivity contribution >= 4 is 11.9 Å². The van der Waals surface area contributed by atoms with E-state index in [1.807, 2.05) is 66.8 Å². The quantitative estimate of drug-likeness (QED) is 0.777. The van der Waals surface area contributed by atoms with E-state index in [2.05, 4.69) is 10.6 Å². The molecule has 0 spiro atoms. The van der Waals surface area contributed by atoms with E-state index >= 15 is 0 Å². The van der Waals surface area contributed by atoms with Crippen LogP contribution in [0.3, 0.4) is 0 Å². The monoisotopic (exact) mass is 312 g/mol. The lowest BCUT2D eigenvalue weighted by Gasteiger charge is -2.16. The van der Waals surface area contributed by atoms with Gasteiger partial charge < -0.3 is 10.6 Å². The summed E-state index contributed by atoms with van der Waals surface area (Å²) in [7, 11) is 1.48. The normalized spacial score (nSPS) is 11.6. The zero-order valence-electron chi connectivity index (χ0n) is 13.4. The third-order valence-corrected chi connectivity index (χ3v) is 3.74. The van der Waals surface area contributed by atoms with Crippen LogP contribution in [0, 0.1) is 6.92 Å². The van der Waals surface area contributed by atoms with Gasteiger partial charge in [0.25, 0.3) is 5.91 Å². The molecule has 5 nitrogen and oxygen atoms in total. The van der Waals surface area contributed by atoms with Crippen molar-refractivity contribution in [3.05, 3.63) is 71.3 Å². The highest BCUT2D eigenvalue weighted by molar-refractivity contribution is 5.96. The molecular weight excluding hydrogens is 290 g/mol. The lowest BCUT2D eigenvalue weighted by Crippen LogP contribution is -2.86. The van der Waals surface area contributed by atoms with Crippen LogP contribution in [0.2, 0.25) is 0 Å². The molecule has 3 amide bonds. The Kier molecular flexibility index (Phi) is 5.88. The van der Waals surface area contributed by atoms with Gasteiger partial charge in [0.1, 0.15) is 6.54 Å². The molecule has 0 fully saturated rings. The van der Waals surface area contributed by atoms with E-state index in [-0.39, 0.29) is 5.91 Å². The number of hydrogen-bond acceptors (Lipinski definition) is 2. The molecule has 0 saturated heterocycles. The number of urea groups is 1. The number of rotatable bonds is 5. The van der Waals surface area contributed by atoms with Crippen LogP contribution in [-0.4, -0.2) is 19.0 Å². The summed E-state index contributed by atoms with van der Waals surface area (Å²) in [6.07, 6.45) is 0. The third kappa shape index (κ3) is 4.66. The van der Waals surface area contributed by atoms with E-state index in [9.17, 15) is 9.59 Å². The van der Waals surface area contributed by atoms with Crippen LogP contribution in [0.5, 0.6) is 0 Å². The first-order valence-electron chi connectivity index (χ1n) is 7.57. The second-order valence-corrected chi connectivity index (χ2v) is 5.32.